The Bertz CT molecular complexity index is 468. The van der Waals surface area contributed by atoms with Crippen molar-refractivity contribution in [3.05, 3.63) is 35.4 Å². The van der Waals surface area contributed by atoms with E-state index in [-0.39, 0.29) is 12.3 Å². The molecule has 0 fully saturated rings. The van der Waals surface area contributed by atoms with E-state index in [4.69, 9.17) is 5.11 Å². The second-order valence-electron chi connectivity index (χ2n) is 6.00. The van der Waals surface area contributed by atoms with Crippen molar-refractivity contribution in [2.75, 3.05) is 0 Å². The number of carboxylic acid groups (broad SMARTS) is 1. The molecule has 0 aliphatic heterocycles. The summed E-state index contributed by atoms with van der Waals surface area (Å²) >= 11 is 0. The van der Waals surface area contributed by atoms with Crippen molar-refractivity contribution in [1.29, 1.82) is 0 Å². The van der Waals surface area contributed by atoms with Gasteiger partial charge in [-0.1, -0.05) is 63.3 Å². The molecular weight excluding hydrogens is 290 g/mol. The first-order chi connectivity index (χ1) is 11.1. The number of benzene rings is 1. The predicted molar refractivity (Wildman–Crippen MR) is 92.2 cm³/mol. The van der Waals surface area contributed by atoms with Crippen LogP contribution in [0.1, 0.15) is 69.4 Å². The lowest BCUT2D eigenvalue weighted by atomic mass is 10.1. The lowest BCUT2D eigenvalue weighted by molar-refractivity contribution is -0.137. The Hall–Kier alpha value is -1.84. The van der Waals surface area contributed by atoms with Crippen LogP contribution in [0.3, 0.4) is 0 Å². The lowest BCUT2D eigenvalue weighted by Gasteiger charge is -2.06. The molecule has 0 aromatic heterocycles. The summed E-state index contributed by atoms with van der Waals surface area (Å²) in [5.41, 5.74) is 2.05. The Morgan fingerprint density at radius 1 is 0.913 bits per heavy atom. The quantitative estimate of drug-likeness (QED) is 0.571. The van der Waals surface area contributed by atoms with Crippen molar-refractivity contribution >= 4 is 11.9 Å². The molecule has 0 saturated carbocycles. The fourth-order valence-corrected chi connectivity index (χ4v) is 2.43. The number of unbranched alkanes of at least 4 members (excludes halogenated alkanes) is 5. The highest BCUT2D eigenvalue weighted by atomic mass is 16.4. The number of carbonyl (C=O) groups is 2. The van der Waals surface area contributed by atoms with Crippen LogP contribution in [0.25, 0.3) is 0 Å². The van der Waals surface area contributed by atoms with Crippen LogP contribution in [-0.2, 0) is 22.6 Å². The molecule has 1 rings (SSSR count). The number of carbonyl (C=O) groups excluding carboxylic acids is 1. The zero-order valence-corrected chi connectivity index (χ0v) is 14.1. The summed E-state index contributed by atoms with van der Waals surface area (Å²) in [6.45, 7) is 2.74. The van der Waals surface area contributed by atoms with E-state index < -0.39 is 5.97 Å². The monoisotopic (exact) mass is 319 g/mol. The van der Waals surface area contributed by atoms with Crippen molar-refractivity contribution < 1.29 is 14.7 Å². The van der Waals surface area contributed by atoms with Crippen LogP contribution in [0.5, 0.6) is 0 Å². The molecule has 0 atom stereocenters. The minimum Gasteiger partial charge on any atom is -0.481 e. The van der Waals surface area contributed by atoms with Gasteiger partial charge < -0.3 is 10.4 Å². The van der Waals surface area contributed by atoms with Gasteiger partial charge in [-0.2, -0.15) is 0 Å². The number of hydrogen-bond acceptors (Lipinski definition) is 2. The summed E-state index contributed by atoms with van der Waals surface area (Å²) in [6.07, 6.45) is 8.40. The summed E-state index contributed by atoms with van der Waals surface area (Å²) in [6, 6.07) is 7.75. The largest absolute Gasteiger partial charge is 0.481 e. The van der Waals surface area contributed by atoms with Crippen molar-refractivity contribution in [1.82, 2.24) is 5.32 Å². The molecule has 0 aliphatic rings. The van der Waals surface area contributed by atoms with Crippen LogP contribution in [0, 0.1) is 0 Å². The lowest BCUT2D eigenvalue weighted by Crippen LogP contribution is -2.22. The van der Waals surface area contributed by atoms with E-state index in [1.807, 2.05) is 24.3 Å². The molecule has 0 spiro atoms. The number of aliphatic carboxylic acids is 1. The highest BCUT2D eigenvalue weighted by Crippen LogP contribution is 2.08. The normalized spacial score (nSPS) is 10.5. The SMILES string of the molecule is CCCCCCCCC(=O)NCc1ccc(CCC(=O)O)cc1. The van der Waals surface area contributed by atoms with Crippen LogP contribution < -0.4 is 5.32 Å². The Kier molecular flexibility index (Phi) is 9.76. The third-order valence-corrected chi connectivity index (χ3v) is 3.90. The van der Waals surface area contributed by atoms with Gasteiger partial charge in [0.15, 0.2) is 0 Å². The molecule has 0 bridgehead atoms. The van der Waals surface area contributed by atoms with Crippen LogP contribution in [0.15, 0.2) is 24.3 Å². The Labute approximate surface area is 139 Å². The molecule has 0 heterocycles. The maximum absolute atomic E-state index is 11.8. The summed E-state index contributed by atoms with van der Waals surface area (Å²) in [5.74, 6) is -0.675. The van der Waals surface area contributed by atoms with E-state index >= 15 is 0 Å². The summed E-state index contributed by atoms with van der Waals surface area (Å²) in [7, 11) is 0. The maximum atomic E-state index is 11.8. The fraction of sp³-hybridized carbons (Fsp3) is 0.579. The molecule has 23 heavy (non-hydrogen) atoms. The fourth-order valence-electron chi connectivity index (χ4n) is 2.43. The number of carboxylic acids is 1. The van der Waals surface area contributed by atoms with Gasteiger partial charge in [-0.05, 0) is 24.0 Å². The van der Waals surface area contributed by atoms with Gasteiger partial charge in [0.2, 0.25) is 5.91 Å². The summed E-state index contributed by atoms with van der Waals surface area (Å²) < 4.78 is 0. The minimum absolute atomic E-state index is 0.107. The van der Waals surface area contributed by atoms with Gasteiger partial charge in [-0.3, -0.25) is 9.59 Å². The van der Waals surface area contributed by atoms with Crippen LogP contribution in [-0.4, -0.2) is 17.0 Å². The Morgan fingerprint density at radius 3 is 2.17 bits per heavy atom. The summed E-state index contributed by atoms with van der Waals surface area (Å²) in [4.78, 5) is 22.3. The third kappa shape index (κ3) is 9.72. The van der Waals surface area contributed by atoms with Gasteiger partial charge >= 0.3 is 5.97 Å². The zero-order valence-electron chi connectivity index (χ0n) is 14.1. The Morgan fingerprint density at radius 2 is 1.52 bits per heavy atom. The van der Waals surface area contributed by atoms with Crippen LogP contribution in [0.4, 0.5) is 0 Å². The topological polar surface area (TPSA) is 66.4 Å². The van der Waals surface area contributed by atoms with E-state index in [1.165, 1.54) is 25.7 Å². The van der Waals surface area contributed by atoms with Gasteiger partial charge in [0.1, 0.15) is 0 Å². The smallest absolute Gasteiger partial charge is 0.303 e. The standard InChI is InChI=1S/C19H29NO3/c1-2-3-4-5-6-7-8-18(21)20-15-17-11-9-16(10-12-17)13-14-19(22)23/h9-12H,2-8,13-15H2,1H3,(H,20,21)(H,22,23). The molecule has 0 radical (unpaired) electrons. The van der Waals surface area contributed by atoms with Crippen molar-refractivity contribution in [2.24, 2.45) is 0 Å². The molecular formula is C19H29NO3. The second-order valence-corrected chi connectivity index (χ2v) is 6.00. The molecule has 128 valence electrons. The van der Waals surface area contributed by atoms with Crippen LogP contribution >= 0.6 is 0 Å². The maximum Gasteiger partial charge on any atom is 0.303 e. The van der Waals surface area contributed by atoms with Gasteiger partial charge in [0.05, 0.1) is 0 Å². The average Bonchev–Trinajstić information content (AvgIpc) is 2.55. The number of hydrogen-bond donors (Lipinski definition) is 2. The molecule has 2 N–H and O–H groups in total. The first-order valence-corrected chi connectivity index (χ1v) is 8.68. The molecule has 1 aromatic carbocycles. The molecule has 1 amide bonds. The molecule has 1 aromatic rings. The number of nitrogens with one attached hydrogen (secondary N) is 1. The van der Waals surface area contributed by atoms with Crippen molar-refractivity contribution in [3.8, 4) is 0 Å². The minimum atomic E-state index is -0.781. The van der Waals surface area contributed by atoms with Gasteiger partial charge in [0, 0.05) is 19.4 Å². The number of aryl methyl sites for hydroxylation is 1. The van der Waals surface area contributed by atoms with E-state index in [9.17, 15) is 9.59 Å². The van der Waals surface area contributed by atoms with E-state index in [1.54, 1.807) is 0 Å². The second kappa shape index (κ2) is 11.7. The first kappa shape index (κ1) is 19.2. The van der Waals surface area contributed by atoms with Crippen molar-refractivity contribution in [3.63, 3.8) is 0 Å². The highest BCUT2D eigenvalue weighted by Gasteiger charge is 2.03. The van der Waals surface area contributed by atoms with E-state index in [0.717, 1.165) is 24.0 Å². The van der Waals surface area contributed by atoms with E-state index in [2.05, 4.69) is 12.2 Å². The molecule has 0 aliphatic carbocycles. The van der Waals surface area contributed by atoms with Gasteiger partial charge in [0.25, 0.3) is 0 Å². The molecule has 0 unspecified atom stereocenters. The van der Waals surface area contributed by atoms with Gasteiger partial charge in [-0.25, -0.2) is 0 Å². The van der Waals surface area contributed by atoms with Crippen LogP contribution in [0.2, 0.25) is 0 Å². The molecule has 4 heteroatoms. The molecule has 4 nitrogen and oxygen atoms in total. The van der Waals surface area contributed by atoms with E-state index in [0.29, 0.717) is 19.4 Å². The summed E-state index contributed by atoms with van der Waals surface area (Å²) in [5, 5.41) is 11.6. The highest BCUT2D eigenvalue weighted by molar-refractivity contribution is 5.75. The van der Waals surface area contributed by atoms with Crippen molar-refractivity contribution in [2.45, 2.75) is 71.3 Å². The van der Waals surface area contributed by atoms with Gasteiger partial charge in [-0.15, -0.1) is 0 Å². The number of rotatable bonds is 12. The number of amides is 1. The zero-order chi connectivity index (χ0) is 16.9. The third-order valence-electron chi connectivity index (χ3n) is 3.90. The average molecular weight is 319 g/mol. The Balaban J connectivity index is 2.16. The predicted octanol–water partition coefficient (Wildman–Crippen LogP) is 4.07. The first-order valence-electron chi connectivity index (χ1n) is 8.68. The molecule has 0 saturated heterocycles.